The molecule has 1 heterocycles. The molecular formula is C11H18N2O. The predicted molar refractivity (Wildman–Crippen MR) is 53.7 cm³/mol. The molecule has 78 valence electrons. The van der Waals surface area contributed by atoms with Crippen LogP contribution in [-0.4, -0.2) is 38.3 Å². The molecule has 0 aromatic carbocycles. The van der Waals surface area contributed by atoms with Gasteiger partial charge in [0.1, 0.15) is 5.41 Å². The Morgan fingerprint density at radius 1 is 1.50 bits per heavy atom. The monoisotopic (exact) mass is 194 g/mol. The normalized spacial score (nSPS) is 25.2. The number of nitrogens with zero attached hydrogens (tertiary/aromatic N) is 2. The molecule has 0 bridgehead atoms. The zero-order valence-corrected chi connectivity index (χ0v) is 8.83. The van der Waals surface area contributed by atoms with Crippen LogP contribution >= 0.6 is 0 Å². The molecule has 1 saturated heterocycles. The Morgan fingerprint density at radius 3 is 2.57 bits per heavy atom. The number of nitriles is 1. The van der Waals surface area contributed by atoms with Crippen LogP contribution in [0.5, 0.6) is 0 Å². The van der Waals surface area contributed by atoms with Crippen LogP contribution in [0.4, 0.5) is 0 Å². The first-order valence-electron chi connectivity index (χ1n) is 5.42. The summed E-state index contributed by atoms with van der Waals surface area (Å²) in [5.41, 5.74) is -0.196. The van der Waals surface area contributed by atoms with E-state index >= 15 is 0 Å². The van der Waals surface area contributed by atoms with Gasteiger partial charge in [0.15, 0.2) is 0 Å². The molecule has 3 nitrogen and oxygen atoms in total. The molecule has 0 aromatic heterocycles. The van der Waals surface area contributed by atoms with Crippen molar-refractivity contribution >= 4 is 0 Å². The van der Waals surface area contributed by atoms with Gasteiger partial charge in [0.05, 0.1) is 19.3 Å². The quantitative estimate of drug-likeness (QED) is 0.676. The summed E-state index contributed by atoms with van der Waals surface area (Å²) >= 11 is 0. The Balaban J connectivity index is 1.75. The van der Waals surface area contributed by atoms with Gasteiger partial charge in [-0.05, 0) is 25.8 Å². The van der Waals surface area contributed by atoms with Crippen molar-refractivity contribution in [3.8, 4) is 6.07 Å². The van der Waals surface area contributed by atoms with Crippen molar-refractivity contribution in [1.29, 1.82) is 5.26 Å². The van der Waals surface area contributed by atoms with Crippen molar-refractivity contribution in [1.82, 2.24) is 4.90 Å². The number of hydrogen-bond acceptors (Lipinski definition) is 3. The zero-order chi connectivity index (χ0) is 10.0. The molecule has 2 aliphatic rings. The highest BCUT2D eigenvalue weighted by molar-refractivity contribution is 5.05. The molecule has 2 rings (SSSR count). The molecule has 0 N–H and O–H groups in total. The maximum atomic E-state index is 9.03. The van der Waals surface area contributed by atoms with Gasteiger partial charge in [0.2, 0.25) is 0 Å². The molecule has 14 heavy (non-hydrogen) atoms. The molecule has 2 fully saturated rings. The SMILES string of the molecule is CN(CC1CCC1)CC1(C#N)COC1. The zero-order valence-electron chi connectivity index (χ0n) is 8.83. The Hall–Kier alpha value is -0.590. The third-order valence-corrected chi connectivity index (χ3v) is 3.36. The second-order valence-electron chi connectivity index (χ2n) is 4.88. The van der Waals surface area contributed by atoms with E-state index in [0.717, 1.165) is 19.0 Å². The standard InChI is InChI=1S/C11H18N2O/c1-13(5-10-3-2-4-10)7-11(6-12)8-14-9-11/h10H,2-5,7-9H2,1H3. The number of ether oxygens (including phenoxy) is 1. The van der Waals surface area contributed by atoms with Crippen molar-refractivity contribution in [2.24, 2.45) is 11.3 Å². The molecule has 1 aliphatic heterocycles. The van der Waals surface area contributed by atoms with Crippen molar-refractivity contribution < 1.29 is 4.74 Å². The van der Waals surface area contributed by atoms with Gasteiger partial charge in [0, 0.05) is 13.1 Å². The lowest BCUT2D eigenvalue weighted by Gasteiger charge is -2.39. The summed E-state index contributed by atoms with van der Waals surface area (Å²) in [7, 11) is 2.12. The van der Waals surface area contributed by atoms with Gasteiger partial charge < -0.3 is 9.64 Å². The Kier molecular flexibility index (Phi) is 2.76. The molecule has 1 aliphatic carbocycles. The minimum atomic E-state index is -0.196. The largest absolute Gasteiger partial charge is 0.378 e. The van der Waals surface area contributed by atoms with Crippen LogP contribution in [0.3, 0.4) is 0 Å². The third-order valence-electron chi connectivity index (χ3n) is 3.36. The predicted octanol–water partition coefficient (Wildman–Crippen LogP) is 1.26. The van der Waals surface area contributed by atoms with Gasteiger partial charge >= 0.3 is 0 Å². The molecule has 0 unspecified atom stereocenters. The topological polar surface area (TPSA) is 36.3 Å². The van der Waals surface area contributed by atoms with Crippen molar-refractivity contribution in [3.05, 3.63) is 0 Å². The summed E-state index contributed by atoms with van der Waals surface area (Å²) in [6.45, 7) is 3.28. The molecule has 0 radical (unpaired) electrons. The Bertz CT molecular complexity index is 238. The second kappa shape index (κ2) is 3.88. The van der Waals surface area contributed by atoms with Gasteiger partial charge in [-0.3, -0.25) is 0 Å². The van der Waals surface area contributed by atoms with Gasteiger partial charge in [-0.1, -0.05) is 6.42 Å². The van der Waals surface area contributed by atoms with Crippen molar-refractivity contribution in [2.75, 3.05) is 33.4 Å². The van der Waals surface area contributed by atoms with Crippen LogP contribution in [0.25, 0.3) is 0 Å². The summed E-state index contributed by atoms with van der Waals surface area (Å²) in [4.78, 5) is 2.30. The van der Waals surface area contributed by atoms with E-state index in [1.165, 1.54) is 19.3 Å². The Morgan fingerprint density at radius 2 is 2.21 bits per heavy atom. The first-order valence-corrected chi connectivity index (χ1v) is 5.42. The molecule has 0 spiro atoms. The van der Waals surface area contributed by atoms with E-state index in [0.29, 0.717) is 13.2 Å². The van der Waals surface area contributed by atoms with E-state index in [9.17, 15) is 0 Å². The maximum Gasteiger partial charge on any atom is 0.116 e. The summed E-state index contributed by atoms with van der Waals surface area (Å²) in [6, 6.07) is 2.39. The summed E-state index contributed by atoms with van der Waals surface area (Å²) in [6.07, 6.45) is 4.14. The van der Waals surface area contributed by atoms with Crippen LogP contribution < -0.4 is 0 Å². The maximum absolute atomic E-state index is 9.03. The average Bonchev–Trinajstić information content (AvgIpc) is 2.04. The van der Waals surface area contributed by atoms with E-state index in [2.05, 4.69) is 18.0 Å². The van der Waals surface area contributed by atoms with Crippen molar-refractivity contribution in [2.45, 2.75) is 19.3 Å². The number of hydrogen-bond donors (Lipinski definition) is 0. The fourth-order valence-electron chi connectivity index (χ4n) is 2.24. The van der Waals surface area contributed by atoms with Crippen LogP contribution in [-0.2, 0) is 4.74 Å². The van der Waals surface area contributed by atoms with Crippen LogP contribution in [0.2, 0.25) is 0 Å². The summed E-state index contributed by atoms with van der Waals surface area (Å²) in [5, 5.41) is 9.03. The lowest BCUT2D eigenvalue weighted by Crippen LogP contribution is -2.50. The lowest BCUT2D eigenvalue weighted by atomic mass is 9.83. The van der Waals surface area contributed by atoms with Crippen molar-refractivity contribution in [3.63, 3.8) is 0 Å². The van der Waals surface area contributed by atoms with E-state index in [1.807, 2.05) is 0 Å². The van der Waals surface area contributed by atoms with Gasteiger partial charge in [-0.2, -0.15) is 5.26 Å². The molecule has 0 aromatic rings. The summed E-state index contributed by atoms with van der Waals surface area (Å²) < 4.78 is 5.13. The minimum Gasteiger partial charge on any atom is -0.378 e. The van der Waals surface area contributed by atoms with Crippen LogP contribution in [0, 0.1) is 22.7 Å². The van der Waals surface area contributed by atoms with Gasteiger partial charge in [0.25, 0.3) is 0 Å². The molecular weight excluding hydrogens is 176 g/mol. The van der Waals surface area contributed by atoms with Crippen LogP contribution in [0.15, 0.2) is 0 Å². The fourth-order valence-corrected chi connectivity index (χ4v) is 2.24. The smallest absolute Gasteiger partial charge is 0.116 e. The van der Waals surface area contributed by atoms with E-state index in [4.69, 9.17) is 10.00 Å². The first kappa shape index (κ1) is 9.95. The third kappa shape index (κ3) is 1.92. The highest BCUT2D eigenvalue weighted by Gasteiger charge is 2.40. The van der Waals surface area contributed by atoms with E-state index in [1.54, 1.807) is 0 Å². The summed E-state index contributed by atoms with van der Waals surface area (Å²) in [5.74, 6) is 0.886. The van der Waals surface area contributed by atoms with Gasteiger partial charge in [-0.15, -0.1) is 0 Å². The van der Waals surface area contributed by atoms with E-state index < -0.39 is 0 Å². The highest BCUT2D eigenvalue weighted by Crippen LogP contribution is 2.30. The Labute approximate surface area is 85.6 Å². The first-order chi connectivity index (χ1) is 6.74. The molecule has 0 atom stereocenters. The molecule has 3 heteroatoms. The van der Waals surface area contributed by atoms with Crippen LogP contribution in [0.1, 0.15) is 19.3 Å². The number of rotatable bonds is 4. The average molecular weight is 194 g/mol. The second-order valence-corrected chi connectivity index (χ2v) is 4.88. The highest BCUT2D eigenvalue weighted by atomic mass is 16.5. The minimum absolute atomic E-state index is 0.196. The molecule has 1 saturated carbocycles. The van der Waals surface area contributed by atoms with E-state index in [-0.39, 0.29) is 5.41 Å². The molecule has 0 amide bonds. The van der Waals surface area contributed by atoms with Gasteiger partial charge in [-0.25, -0.2) is 0 Å². The lowest BCUT2D eigenvalue weighted by molar-refractivity contribution is -0.0905. The fraction of sp³-hybridized carbons (Fsp3) is 0.909.